The minimum Gasteiger partial charge on any atom is -0.399 e. The molecule has 0 atom stereocenters. The summed E-state index contributed by atoms with van der Waals surface area (Å²) >= 11 is 0. The van der Waals surface area contributed by atoms with Gasteiger partial charge in [-0.2, -0.15) is 5.10 Å². The van der Waals surface area contributed by atoms with Gasteiger partial charge in [0.05, 0.1) is 4.90 Å². The van der Waals surface area contributed by atoms with Crippen LogP contribution < -0.4 is 11.1 Å². The summed E-state index contributed by atoms with van der Waals surface area (Å²) < 4.78 is 23.0. The zero-order valence-electron chi connectivity index (χ0n) is 11.3. The SMILES string of the molecule is CS(=O)(=O)c1cc(N)cc(C(=O)NCCc2ncn[nH]2)c1. The third-order valence-corrected chi connectivity index (χ3v) is 3.82. The molecule has 112 valence electrons. The number of benzene rings is 1. The molecule has 1 amide bonds. The van der Waals surface area contributed by atoms with Crippen LogP contribution in [-0.4, -0.2) is 42.3 Å². The van der Waals surface area contributed by atoms with Crippen LogP contribution in [0.2, 0.25) is 0 Å². The molecule has 0 spiro atoms. The van der Waals surface area contributed by atoms with Crippen molar-refractivity contribution in [1.82, 2.24) is 20.5 Å². The van der Waals surface area contributed by atoms with Crippen LogP contribution in [0.4, 0.5) is 5.69 Å². The number of sulfone groups is 1. The summed E-state index contributed by atoms with van der Waals surface area (Å²) in [5.74, 6) is 0.256. The van der Waals surface area contributed by atoms with E-state index in [1.807, 2.05) is 0 Å². The highest BCUT2D eigenvalue weighted by Gasteiger charge is 2.13. The molecule has 0 bridgehead atoms. The molecule has 0 aliphatic heterocycles. The van der Waals surface area contributed by atoms with Gasteiger partial charge in [-0.3, -0.25) is 9.89 Å². The Kier molecular flexibility index (Phi) is 4.22. The molecule has 0 aliphatic carbocycles. The average Bonchev–Trinajstić information content (AvgIpc) is 2.90. The first-order valence-electron chi connectivity index (χ1n) is 6.09. The largest absolute Gasteiger partial charge is 0.399 e. The van der Waals surface area contributed by atoms with E-state index in [2.05, 4.69) is 20.5 Å². The van der Waals surface area contributed by atoms with Crippen LogP contribution in [0.25, 0.3) is 0 Å². The van der Waals surface area contributed by atoms with Crippen molar-refractivity contribution in [3.8, 4) is 0 Å². The van der Waals surface area contributed by atoms with Crippen molar-refractivity contribution >= 4 is 21.4 Å². The van der Waals surface area contributed by atoms with E-state index in [1.54, 1.807) is 0 Å². The second kappa shape index (κ2) is 5.92. The Balaban J connectivity index is 2.07. The van der Waals surface area contributed by atoms with Gasteiger partial charge in [-0.25, -0.2) is 13.4 Å². The zero-order valence-corrected chi connectivity index (χ0v) is 12.1. The number of hydrogen-bond donors (Lipinski definition) is 3. The Morgan fingerprint density at radius 2 is 2.14 bits per heavy atom. The van der Waals surface area contributed by atoms with Gasteiger partial charge in [-0.1, -0.05) is 0 Å². The Morgan fingerprint density at radius 3 is 2.76 bits per heavy atom. The minimum absolute atomic E-state index is 0.0166. The van der Waals surface area contributed by atoms with E-state index in [9.17, 15) is 13.2 Å². The van der Waals surface area contributed by atoms with Gasteiger partial charge >= 0.3 is 0 Å². The van der Waals surface area contributed by atoms with Gasteiger partial charge in [0.25, 0.3) is 5.91 Å². The monoisotopic (exact) mass is 309 g/mol. The summed E-state index contributed by atoms with van der Waals surface area (Å²) in [5, 5.41) is 9.04. The van der Waals surface area contributed by atoms with Crippen molar-refractivity contribution in [1.29, 1.82) is 0 Å². The van der Waals surface area contributed by atoms with E-state index in [4.69, 9.17) is 5.73 Å². The summed E-state index contributed by atoms with van der Waals surface area (Å²) in [6.07, 6.45) is 2.94. The standard InChI is InChI=1S/C12H15N5O3S/c1-21(19,20)10-5-8(4-9(13)6-10)12(18)14-3-2-11-15-7-16-17-11/h4-7H,2-3,13H2,1H3,(H,14,18)(H,15,16,17). The van der Waals surface area contributed by atoms with Gasteiger partial charge in [0.1, 0.15) is 12.2 Å². The second-order valence-corrected chi connectivity index (χ2v) is 6.52. The molecule has 2 aromatic rings. The van der Waals surface area contributed by atoms with Gasteiger partial charge in [0.2, 0.25) is 0 Å². The number of nitrogen functional groups attached to an aromatic ring is 1. The molecule has 1 aromatic heterocycles. The van der Waals surface area contributed by atoms with Crippen molar-refractivity contribution in [2.75, 3.05) is 18.5 Å². The molecule has 0 radical (unpaired) electrons. The minimum atomic E-state index is -3.42. The number of H-pyrrole nitrogens is 1. The normalized spacial score (nSPS) is 11.3. The maximum absolute atomic E-state index is 12.0. The molecule has 1 aromatic carbocycles. The summed E-state index contributed by atoms with van der Waals surface area (Å²) in [7, 11) is -3.42. The molecule has 21 heavy (non-hydrogen) atoms. The lowest BCUT2D eigenvalue weighted by Gasteiger charge is -2.07. The van der Waals surface area contributed by atoms with Gasteiger partial charge in [0.15, 0.2) is 9.84 Å². The fraction of sp³-hybridized carbons (Fsp3) is 0.250. The topological polar surface area (TPSA) is 131 Å². The fourth-order valence-electron chi connectivity index (χ4n) is 1.72. The molecule has 8 nitrogen and oxygen atoms in total. The average molecular weight is 309 g/mol. The summed E-state index contributed by atoms with van der Waals surface area (Å²) in [5.41, 5.74) is 6.05. The molecule has 0 saturated heterocycles. The van der Waals surface area contributed by atoms with Crippen molar-refractivity contribution in [3.05, 3.63) is 35.9 Å². The molecular formula is C12H15N5O3S. The van der Waals surface area contributed by atoms with Gasteiger partial charge in [-0.05, 0) is 18.2 Å². The third kappa shape index (κ3) is 4.02. The van der Waals surface area contributed by atoms with E-state index in [-0.39, 0.29) is 16.1 Å². The van der Waals surface area contributed by atoms with Crippen LogP contribution in [0.5, 0.6) is 0 Å². The number of carbonyl (C=O) groups excluding carboxylic acids is 1. The van der Waals surface area contributed by atoms with Crippen LogP contribution in [0, 0.1) is 0 Å². The molecular weight excluding hydrogens is 294 g/mol. The Hall–Kier alpha value is -2.42. The predicted octanol–water partition coefficient (Wildman–Crippen LogP) is -0.237. The lowest BCUT2D eigenvalue weighted by atomic mass is 10.2. The van der Waals surface area contributed by atoms with Crippen LogP contribution in [-0.2, 0) is 16.3 Å². The molecule has 0 unspecified atom stereocenters. The Labute approximate surface area is 121 Å². The molecule has 0 aliphatic rings. The van der Waals surface area contributed by atoms with E-state index in [1.165, 1.54) is 24.5 Å². The van der Waals surface area contributed by atoms with Crippen LogP contribution >= 0.6 is 0 Å². The van der Waals surface area contributed by atoms with E-state index in [0.717, 1.165) is 6.26 Å². The van der Waals surface area contributed by atoms with Crippen molar-refractivity contribution < 1.29 is 13.2 Å². The summed E-state index contributed by atoms with van der Waals surface area (Å²) in [6.45, 7) is 0.344. The lowest BCUT2D eigenvalue weighted by molar-refractivity contribution is 0.0954. The third-order valence-electron chi connectivity index (χ3n) is 2.73. The number of aromatic amines is 1. The highest BCUT2D eigenvalue weighted by Crippen LogP contribution is 2.16. The number of hydrogen-bond acceptors (Lipinski definition) is 6. The van der Waals surface area contributed by atoms with Crippen molar-refractivity contribution in [2.24, 2.45) is 0 Å². The Morgan fingerprint density at radius 1 is 1.38 bits per heavy atom. The zero-order chi connectivity index (χ0) is 15.5. The molecule has 4 N–H and O–H groups in total. The first-order chi connectivity index (χ1) is 9.86. The molecule has 9 heteroatoms. The van der Waals surface area contributed by atoms with Crippen LogP contribution in [0.1, 0.15) is 16.2 Å². The van der Waals surface area contributed by atoms with E-state index >= 15 is 0 Å². The number of amides is 1. The second-order valence-electron chi connectivity index (χ2n) is 4.50. The first kappa shape index (κ1) is 15.0. The summed E-state index contributed by atoms with van der Waals surface area (Å²) in [6, 6.07) is 4.05. The van der Waals surface area contributed by atoms with E-state index < -0.39 is 15.7 Å². The van der Waals surface area contributed by atoms with Gasteiger partial charge in [-0.15, -0.1) is 0 Å². The van der Waals surface area contributed by atoms with Gasteiger partial charge < -0.3 is 11.1 Å². The number of nitrogens with zero attached hydrogens (tertiary/aromatic N) is 2. The van der Waals surface area contributed by atoms with E-state index in [0.29, 0.717) is 18.8 Å². The fourth-order valence-corrected chi connectivity index (χ4v) is 2.41. The highest BCUT2D eigenvalue weighted by atomic mass is 32.2. The maximum Gasteiger partial charge on any atom is 0.251 e. The number of nitrogens with one attached hydrogen (secondary N) is 2. The number of rotatable bonds is 5. The first-order valence-corrected chi connectivity index (χ1v) is 7.98. The molecule has 0 fully saturated rings. The number of nitrogens with two attached hydrogens (primary N) is 1. The quantitative estimate of drug-likeness (QED) is 0.653. The molecule has 0 saturated carbocycles. The molecule has 2 rings (SSSR count). The molecule has 1 heterocycles. The number of aromatic nitrogens is 3. The summed E-state index contributed by atoms with van der Waals surface area (Å²) in [4.78, 5) is 15.9. The number of anilines is 1. The number of carbonyl (C=O) groups is 1. The van der Waals surface area contributed by atoms with Crippen LogP contribution in [0.3, 0.4) is 0 Å². The van der Waals surface area contributed by atoms with Crippen molar-refractivity contribution in [2.45, 2.75) is 11.3 Å². The Bertz CT molecular complexity index is 740. The van der Waals surface area contributed by atoms with Crippen LogP contribution in [0.15, 0.2) is 29.4 Å². The lowest BCUT2D eigenvalue weighted by Crippen LogP contribution is -2.26. The highest BCUT2D eigenvalue weighted by molar-refractivity contribution is 7.90. The van der Waals surface area contributed by atoms with Gasteiger partial charge in [0, 0.05) is 30.5 Å². The predicted molar refractivity (Wildman–Crippen MR) is 76.4 cm³/mol. The van der Waals surface area contributed by atoms with Crippen molar-refractivity contribution in [3.63, 3.8) is 0 Å². The smallest absolute Gasteiger partial charge is 0.251 e. The maximum atomic E-state index is 12.0.